The van der Waals surface area contributed by atoms with Gasteiger partial charge in [0, 0.05) is 12.4 Å². The Balaban J connectivity index is 1.65. The Bertz CT molecular complexity index is 749. The number of urea groups is 1. The minimum Gasteiger partial charge on any atom is -0.459 e. The molecule has 1 aliphatic rings. The quantitative estimate of drug-likeness (QED) is 0.867. The molecule has 0 unspecified atom stereocenters. The lowest BCUT2D eigenvalue weighted by Gasteiger charge is -2.16. The number of benzene rings is 1. The molecule has 3 rings (SSSR count). The molecule has 7 heteroatoms. The average molecular weight is 315 g/mol. The Morgan fingerprint density at radius 2 is 2.09 bits per heavy atom. The van der Waals surface area contributed by atoms with E-state index in [-0.39, 0.29) is 25.0 Å². The van der Waals surface area contributed by atoms with E-state index >= 15 is 0 Å². The summed E-state index contributed by atoms with van der Waals surface area (Å²) in [6.45, 7) is 1.51. The van der Waals surface area contributed by atoms with Crippen LogP contribution < -0.4 is 5.32 Å². The fraction of sp³-hybridized carbons (Fsp3) is 0.312. The Hall–Kier alpha value is -2.83. The van der Waals surface area contributed by atoms with Gasteiger partial charge in [0.2, 0.25) is 5.91 Å². The van der Waals surface area contributed by atoms with E-state index in [9.17, 15) is 14.4 Å². The van der Waals surface area contributed by atoms with Gasteiger partial charge in [0.1, 0.15) is 24.4 Å². The van der Waals surface area contributed by atoms with Crippen LogP contribution in [0.4, 0.5) is 4.79 Å². The van der Waals surface area contributed by atoms with Crippen molar-refractivity contribution in [3.8, 4) is 0 Å². The van der Waals surface area contributed by atoms with Crippen LogP contribution in [0.2, 0.25) is 0 Å². The minimum atomic E-state index is -0.457. The van der Waals surface area contributed by atoms with Crippen LogP contribution in [0.3, 0.4) is 0 Å². The van der Waals surface area contributed by atoms with E-state index < -0.39 is 11.9 Å². The second kappa shape index (κ2) is 5.75. The molecule has 0 spiro atoms. The molecule has 1 aliphatic heterocycles. The third-order valence-corrected chi connectivity index (χ3v) is 3.78. The first-order chi connectivity index (χ1) is 11.0. The Labute approximate surface area is 132 Å². The van der Waals surface area contributed by atoms with Crippen LogP contribution in [-0.2, 0) is 9.59 Å². The van der Waals surface area contributed by atoms with Crippen LogP contribution in [0.25, 0.3) is 11.0 Å². The molecule has 0 radical (unpaired) electrons. The maximum absolute atomic E-state index is 12.1. The van der Waals surface area contributed by atoms with Gasteiger partial charge in [0.05, 0.1) is 6.04 Å². The SMILES string of the molecule is C[C@@H](NC(=O)CN1C(=O)CN(C)C1=O)c1cc2ccccc2o1. The van der Waals surface area contributed by atoms with E-state index in [1.807, 2.05) is 30.3 Å². The third kappa shape index (κ3) is 2.90. The predicted octanol–water partition coefficient (Wildman–Crippen LogP) is 1.50. The lowest BCUT2D eigenvalue weighted by atomic mass is 10.2. The highest BCUT2D eigenvalue weighted by atomic mass is 16.3. The van der Waals surface area contributed by atoms with Crippen molar-refractivity contribution in [1.29, 1.82) is 0 Å². The van der Waals surface area contributed by atoms with Gasteiger partial charge in [-0.3, -0.25) is 14.5 Å². The average Bonchev–Trinajstić information content (AvgIpc) is 3.04. The first kappa shape index (κ1) is 15.1. The molecule has 1 aromatic heterocycles. The van der Waals surface area contributed by atoms with Crippen molar-refractivity contribution in [3.63, 3.8) is 0 Å². The lowest BCUT2D eigenvalue weighted by Crippen LogP contribution is -2.41. The summed E-state index contributed by atoms with van der Waals surface area (Å²) in [7, 11) is 1.52. The van der Waals surface area contributed by atoms with E-state index in [4.69, 9.17) is 4.42 Å². The molecule has 2 aromatic rings. The smallest absolute Gasteiger partial charge is 0.327 e. The molecule has 1 saturated heterocycles. The van der Waals surface area contributed by atoms with Gasteiger partial charge >= 0.3 is 6.03 Å². The Morgan fingerprint density at radius 3 is 2.74 bits per heavy atom. The molecular formula is C16H17N3O4. The summed E-state index contributed by atoms with van der Waals surface area (Å²) in [4.78, 5) is 37.7. The van der Waals surface area contributed by atoms with Gasteiger partial charge in [-0.1, -0.05) is 18.2 Å². The number of carbonyl (C=O) groups excluding carboxylic acids is 3. The van der Waals surface area contributed by atoms with E-state index in [0.717, 1.165) is 15.9 Å². The normalized spacial score (nSPS) is 16.3. The molecular weight excluding hydrogens is 298 g/mol. The molecule has 1 atom stereocenters. The van der Waals surface area contributed by atoms with Crippen LogP contribution >= 0.6 is 0 Å². The molecule has 1 fully saturated rings. The van der Waals surface area contributed by atoms with Crippen LogP contribution in [0, 0.1) is 0 Å². The number of likely N-dealkylation sites (N-methyl/N-ethyl adjacent to an activating group) is 1. The van der Waals surface area contributed by atoms with E-state index in [1.54, 1.807) is 6.92 Å². The molecule has 4 amide bonds. The molecule has 1 aromatic carbocycles. The zero-order chi connectivity index (χ0) is 16.6. The number of nitrogens with one attached hydrogen (secondary N) is 1. The highest BCUT2D eigenvalue weighted by Gasteiger charge is 2.35. The summed E-state index contributed by atoms with van der Waals surface area (Å²) in [6.07, 6.45) is 0. The lowest BCUT2D eigenvalue weighted by molar-refractivity contribution is -0.131. The summed E-state index contributed by atoms with van der Waals surface area (Å²) in [5.74, 6) is -0.158. The van der Waals surface area contributed by atoms with Gasteiger partial charge in [-0.25, -0.2) is 4.79 Å². The van der Waals surface area contributed by atoms with Crippen molar-refractivity contribution in [2.24, 2.45) is 0 Å². The second-order valence-electron chi connectivity index (χ2n) is 5.59. The van der Waals surface area contributed by atoms with Gasteiger partial charge in [0.25, 0.3) is 5.91 Å². The van der Waals surface area contributed by atoms with Crippen molar-refractivity contribution < 1.29 is 18.8 Å². The molecule has 0 bridgehead atoms. The highest BCUT2D eigenvalue weighted by Crippen LogP contribution is 2.23. The van der Waals surface area contributed by atoms with Gasteiger partial charge in [-0.2, -0.15) is 0 Å². The fourth-order valence-electron chi connectivity index (χ4n) is 2.54. The monoisotopic (exact) mass is 315 g/mol. The van der Waals surface area contributed by atoms with Crippen molar-refractivity contribution in [2.75, 3.05) is 20.1 Å². The number of rotatable bonds is 4. The number of carbonyl (C=O) groups is 3. The number of fused-ring (bicyclic) bond motifs is 1. The van der Waals surface area contributed by atoms with Crippen LogP contribution in [0.5, 0.6) is 0 Å². The predicted molar refractivity (Wildman–Crippen MR) is 82.5 cm³/mol. The van der Waals surface area contributed by atoms with E-state index in [2.05, 4.69) is 5.32 Å². The molecule has 1 N–H and O–H groups in total. The topological polar surface area (TPSA) is 82.9 Å². The van der Waals surface area contributed by atoms with Crippen molar-refractivity contribution in [1.82, 2.24) is 15.1 Å². The highest BCUT2D eigenvalue weighted by molar-refractivity contribution is 6.04. The standard InChI is InChI=1S/C16H17N3O4/c1-10(13-7-11-5-3-4-6-12(11)23-13)17-14(20)8-19-15(21)9-18(2)16(19)22/h3-7,10H,8-9H2,1-2H3,(H,17,20)/t10-/m1/s1. The summed E-state index contributed by atoms with van der Waals surface area (Å²) in [6, 6.07) is 8.60. The Morgan fingerprint density at radius 1 is 1.35 bits per heavy atom. The molecule has 7 nitrogen and oxygen atoms in total. The van der Waals surface area contributed by atoms with Crippen molar-refractivity contribution >= 4 is 28.8 Å². The number of hydrogen-bond acceptors (Lipinski definition) is 4. The number of furan rings is 1. The largest absolute Gasteiger partial charge is 0.459 e. The van der Waals surface area contributed by atoms with Crippen LogP contribution in [0.1, 0.15) is 18.7 Å². The van der Waals surface area contributed by atoms with Crippen LogP contribution in [-0.4, -0.2) is 47.8 Å². The summed E-state index contributed by atoms with van der Waals surface area (Å²) >= 11 is 0. The molecule has 0 aliphatic carbocycles. The first-order valence-electron chi connectivity index (χ1n) is 7.29. The van der Waals surface area contributed by atoms with Gasteiger partial charge < -0.3 is 14.6 Å². The number of hydrogen-bond donors (Lipinski definition) is 1. The van der Waals surface area contributed by atoms with Gasteiger partial charge in [0.15, 0.2) is 0 Å². The summed E-state index contributed by atoms with van der Waals surface area (Å²) < 4.78 is 5.69. The molecule has 120 valence electrons. The van der Waals surface area contributed by atoms with E-state index in [1.165, 1.54) is 11.9 Å². The second-order valence-corrected chi connectivity index (χ2v) is 5.59. The fourth-order valence-corrected chi connectivity index (χ4v) is 2.54. The number of amides is 4. The minimum absolute atomic E-state index is 0.00520. The zero-order valence-corrected chi connectivity index (χ0v) is 12.9. The van der Waals surface area contributed by atoms with Crippen LogP contribution in [0.15, 0.2) is 34.7 Å². The summed E-state index contributed by atoms with van der Waals surface area (Å²) in [5.41, 5.74) is 0.745. The molecule has 23 heavy (non-hydrogen) atoms. The number of nitrogens with zero attached hydrogens (tertiary/aromatic N) is 2. The molecule has 2 heterocycles. The number of imide groups is 1. The van der Waals surface area contributed by atoms with Gasteiger partial charge in [-0.15, -0.1) is 0 Å². The van der Waals surface area contributed by atoms with Crippen molar-refractivity contribution in [2.45, 2.75) is 13.0 Å². The Kier molecular flexibility index (Phi) is 3.77. The van der Waals surface area contributed by atoms with Gasteiger partial charge in [-0.05, 0) is 19.1 Å². The maximum atomic E-state index is 12.1. The third-order valence-electron chi connectivity index (χ3n) is 3.78. The number of para-hydroxylation sites is 1. The molecule has 0 saturated carbocycles. The van der Waals surface area contributed by atoms with E-state index in [0.29, 0.717) is 5.76 Å². The zero-order valence-electron chi connectivity index (χ0n) is 12.9. The summed E-state index contributed by atoms with van der Waals surface area (Å²) in [5, 5.41) is 3.70. The maximum Gasteiger partial charge on any atom is 0.327 e. The van der Waals surface area contributed by atoms with Crippen molar-refractivity contribution in [3.05, 3.63) is 36.1 Å². The first-order valence-corrected chi connectivity index (χ1v) is 7.29.